The number of aryl methyl sites for hydroxylation is 1. The molecule has 0 radical (unpaired) electrons. The summed E-state index contributed by atoms with van der Waals surface area (Å²) < 4.78 is 6.11. The zero-order valence-corrected chi connectivity index (χ0v) is 18.1. The average Bonchev–Trinajstić information content (AvgIpc) is 2.78. The highest BCUT2D eigenvalue weighted by molar-refractivity contribution is 5.78. The summed E-state index contributed by atoms with van der Waals surface area (Å²) in [6.45, 7) is 5.73. The Labute approximate surface area is 182 Å². The van der Waals surface area contributed by atoms with Crippen LogP contribution in [0.25, 0.3) is 10.9 Å². The normalized spacial score (nSPS) is 14.9. The van der Waals surface area contributed by atoms with Crippen molar-refractivity contribution in [2.24, 2.45) is 0 Å². The van der Waals surface area contributed by atoms with Crippen LogP contribution in [0.1, 0.15) is 50.4 Å². The second-order valence-corrected chi connectivity index (χ2v) is 8.45. The quantitative estimate of drug-likeness (QED) is 0.654. The van der Waals surface area contributed by atoms with Gasteiger partial charge < -0.3 is 14.6 Å². The number of fused-ring (bicyclic) bond motifs is 1. The Balaban J connectivity index is 1.27. The average molecular weight is 420 g/mol. The number of hydrogen-bond donors (Lipinski definition) is 1. The molecule has 0 saturated carbocycles. The van der Waals surface area contributed by atoms with Crippen molar-refractivity contribution in [3.63, 3.8) is 0 Å². The monoisotopic (exact) mass is 419 g/mol. The predicted octanol–water partition coefficient (Wildman–Crippen LogP) is 4.05. The molecule has 2 heterocycles. The number of nitrogens with zero attached hydrogens (tertiary/aromatic N) is 2. The third kappa shape index (κ3) is 5.13. The highest BCUT2D eigenvalue weighted by Crippen LogP contribution is 2.22. The number of H-pyrrole nitrogens is 1. The van der Waals surface area contributed by atoms with E-state index >= 15 is 0 Å². The number of carbonyl (C=O) groups is 1. The molecule has 3 aromatic rings. The summed E-state index contributed by atoms with van der Waals surface area (Å²) in [4.78, 5) is 34.0. The fraction of sp³-hybridized carbons (Fsp3) is 0.400. The zero-order chi connectivity index (χ0) is 21.8. The fourth-order valence-corrected chi connectivity index (χ4v) is 3.98. The van der Waals surface area contributed by atoms with Gasteiger partial charge in [-0.3, -0.25) is 9.59 Å². The molecule has 1 fully saturated rings. The van der Waals surface area contributed by atoms with E-state index < -0.39 is 0 Å². The molecule has 162 valence electrons. The van der Waals surface area contributed by atoms with Crippen molar-refractivity contribution in [3.8, 4) is 5.75 Å². The molecule has 1 aromatic heterocycles. The lowest BCUT2D eigenvalue weighted by Crippen LogP contribution is -2.41. The van der Waals surface area contributed by atoms with Crippen LogP contribution < -0.4 is 10.3 Å². The summed E-state index contributed by atoms with van der Waals surface area (Å²) in [5.74, 6) is 2.04. The number of amides is 1. The highest BCUT2D eigenvalue weighted by atomic mass is 16.5. The van der Waals surface area contributed by atoms with Crippen LogP contribution in [0.4, 0.5) is 0 Å². The van der Waals surface area contributed by atoms with Crippen LogP contribution >= 0.6 is 0 Å². The third-order valence-electron chi connectivity index (χ3n) is 5.88. The van der Waals surface area contributed by atoms with Crippen LogP contribution in [0.5, 0.6) is 5.75 Å². The molecule has 6 nitrogen and oxygen atoms in total. The van der Waals surface area contributed by atoms with Gasteiger partial charge in [-0.25, -0.2) is 4.98 Å². The molecule has 1 amide bonds. The summed E-state index contributed by atoms with van der Waals surface area (Å²) in [5.41, 5.74) is 1.80. The van der Waals surface area contributed by atoms with Gasteiger partial charge in [-0.15, -0.1) is 0 Å². The van der Waals surface area contributed by atoms with Crippen LogP contribution in [0, 0.1) is 0 Å². The van der Waals surface area contributed by atoms with E-state index in [9.17, 15) is 9.59 Å². The molecule has 1 aliphatic rings. The number of benzene rings is 2. The minimum Gasteiger partial charge on any atom is -0.490 e. The molecule has 0 atom stereocenters. The summed E-state index contributed by atoms with van der Waals surface area (Å²) in [7, 11) is 0. The van der Waals surface area contributed by atoms with Crippen LogP contribution in [0.15, 0.2) is 53.3 Å². The van der Waals surface area contributed by atoms with Crippen LogP contribution in [-0.2, 0) is 11.2 Å². The Kier molecular flexibility index (Phi) is 6.35. The van der Waals surface area contributed by atoms with Gasteiger partial charge in [0.2, 0.25) is 5.91 Å². The Hall–Kier alpha value is -3.15. The number of piperidine rings is 1. The minimum atomic E-state index is -0.160. The smallest absolute Gasteiger partial charge is 0.258 e. The highest BCUT2D eigenvalue weighted by Gasteiger charge is 2.24. The molecule has 1 aliphatic heterocycles. The van der Waals surface area contributed by atoms with Gasteiger partial charge in [0.25, 0.3) is 5.56 Å². The van der Waals surface area contributed by atoms with E-state index in [2.05, 4.69) is 35.9 Å². The third-order valence-corrected chi connectivity index (χ3v) is 5.88. The molecule has 4 rings (SSSR count). The number of rotatable bonds is 6. The number of nitrogens with one attached hydrogen (secondary N) is 1. The fourth-order valence-electron chi connectivity index (χ4n) is 3.98. The first-order valence-corrected chi connectivity index (χ1v) is 11.0. The number of ether oxygens (including phenoxy) is 1. The van der Waals surface area contributed by atoms with Crippen molar-refractivity contribution in [2.45, 2.75) is 51.6 Å². The summed E-state index contributed by atoms with van der Waals surface area (Å²) >= 11 is 0. The van der Waals surface area contributed by atoms with Gasteiger partial charge in [-0.2, -0.15) is 0 Å². The van der Waals surface area contributed by atoms with E-state index in [0.717, 1.165) is 18.6 Å². The van der Waals surface area contributed by atoms with Crippen molar-refractivity contribution in [1.82, 2.24) is 14.9 Å². The minimum absolute atomic E-state index is 0.0931. The maximum absolute atomic E-state index is 12.7. The number of likely N-dealkylation sites (tertiary alicyclic amines) is 1. The van der Waals surface area contributed by atoms with Crippen molar-refractivity contribution in [1.29, 1.82) is 0 Å². The number of aromatic nitrogens is 2. The first-order chi connectivity index (χ1) is 15.0. The van der Waals surface area contributed by atoms with Crippen LogP contribution in [-0.4, -0.2) is 40.0 Å². The van der Waals surface area contributed by atoms with Crippen molar-refractivity contribution < 1.29 is 9.53 Å². The lowest BCUT2D eigenvalue weighted by molar-refractivity contribution is -0.133. The summed E-state index contributed by atoms with van der Waals surface area (Å²) in [5, 5.41) is 0.568. The molecule has 0 aliphatic carbocycles. The molecular formula is C25H29N3O3. The van der Waals surface area contributed by atoms with Gasteiger partial charge >= 0.3 is 0 Å². The van der Waals surface area contributed by atoms with Gasteiger partial charge in [0.15, 0.2) is 0 Å². The van der Waals surface area contributed by atoms with E-state index in [4.69, 9.17) is 4.74 Å². The molecule has 1 N–H and O–H groups in total. The molecule has 31 heavy (non-hydrogen) atoms. The zero-order valence-electron chi connectivity index (χ0n) is 18.1. The first kappa shape index (κ1) is 21.1. The van der Waals surface area contributed by atoms with E-state index in [0.29, 0.717) is 48.6 Å². The maximum Gasteiger partial charge on any atom is 0.258 e. The van der Waals surface area contributed by atoms with Gasteiger partial charge in [-0.1, -0.05) is 38.1 Å². The van der Waals surface area contributed by atoms with Gasteiger partial charge in [0, 0.05) is 38.8 Å². The molecular weight excluding hydrogens is 390 g/mol. The summed E-state index contributed by atoms with van der Waals surface area (Å²) in [6, 6.07) is 15.5. The lowest BCUT2D eigenvalue weighted by atomic mass is 10.0. The number of aromatic amines is 1. The topological polar surface area (TPSA) is 75.3 Å². The van der Waals surface area contributed by atoms with E-state index in [-0.39, 0.29) is 17.6 Å². The Morgan fingerprint density at radius 1 is 1.13 bits per heavy atom. The van der Waals surface area contributed by atoms with Crippen molar-refractivity contribution in [3.05, 3.63) is 70.3 Å². The van der Waals surface area contributed by atoms with E-state index in [1.54, 1.807) is 6.07 Å². The second kappa shape index (κ2) is 9.33. The van der Waals surface area contributed by atoms with Gasteiger partial charge in [-0.05, 0) is 35.7 Å². The number of para-hydroxylation sites is 1. The van der Waals surface area contributed by atoms with Gasteiger partial charge in [0.05, 0.1) is 10.9 Å². The van der Waals surface area contributed by atoms with Gasteiger partial charge in [0.1, 0.15) is 17.7 Å². The first-order valence-electron chi connectivity index (χ1n) is 11.0. The number of carbonyl (C=O) groups excluding carboxylic acids is 1. The molecule has 0 unspecified atom stereocenters. The molecule has 6 heteroatoms. The van der Waals surface area contributed by atoms with Crippen molar-refractivity contribution in [2.75, 3.05) is 13.1 Å². The molecule has 2 aromatic carbocycles. The van der Waals surface area contributed by atoms with E-state index in [1.807, 2.05) is 35.2 Å². The molecule has 0 spiro atoms. The summed E-state index contributed by atoms with van der Waals surface area (Å²) in [6.07, 6.45) is 2.54. The predicted molar refractivity (Wildman–Crippen MR) is 121 cm³/mol. The van der Waals surface area contributed by atoms with Crippen molar-refractivity contribution >= 4 is 16.8 Å². The SMILES string of the molecule is CC(C)c1ccc(OC2CCN(C(=O)CCc3nc4ccccc4c(=O)[nH]3)CC2)cc1. The van der Waals surface area contributed by atoms with Crippen LogP contribution in [0.3, 0.4) is 0 Å². The van der Waals surface area contributed by atoms with Crippen LogP contribution in [0.2, 0.25) is 0 Å². The van der Waals surface area contributed by atoms with E-state index in [1.165, 1.54) is 5.56 Å². The molecule has 1 saturated heterocycles. The number of hydrogen-bond acceptors (Lipinski definition) is 4. The largest absolute Gasteiger partial charge is 0.490 e. The molecule has 0 bridgehead atoms. The maximum atomic E-state index is 12.7. The Bertz CT molecular complexity index is 1100. The standard InChI is InChI=1S/C25H29N3O3/c1-17(2)18-7-9-19(10-8-18)31-20-13-15-28(16-14-20)24(29)12-11-23-26-22-6-4-3-5-21(22)25(30)27-23/h3-10,17,20H,11-16H2,1-2H3,(H,26,27,30). The second-order valence-electron chi connectivity index (χ2n) is 8.45. The Morgan fingerprint density at radius 2 is 1.84 bits per heavy atom. The Morgan fingerprint density at radius 3 is 2.55 bits per heavy atom. The lowest BCUT2D eigenvalue weighted by Gasteiger charge is -2.32.